The SMILES string of the molecule is COc1c(C)c(C)c(Br)c(C)c1NCC(O)CO. The van der Waals surface area contributed by atoms with E-state index in [0.717, 1.165) is 32.6 Å². The highest BCUT2D eigenvalue weighted by molar-refractivity contribution is 9.10. The maximum Gasteiger partial charge on any atom is 0.145 e. The molecule has 18 heavy (non-hydrogen) atoms. The van der Waals surface area contributed by atoms with Gasteiger partial charge in [-0.05, 0) is 37.5 Å². The molecule has 0 saturated carbocycles. The molecule has 3 N–H and O–H groups in total. The van der Waals surface area contributed by atoms with Crippen LogP contribution in [0.25, 0.3) is 0 Å². The number of aliphatic hydroxyl groups is 2. The van der Waals surface area contributed by atoms with Gasteiger partial charge in [-0.15, -0.1) is 0 Å². The molecule has 0 bridgehead atoms. The van der Waals surface area contributed by atoms with Gasteiger partial charge in [-0.1, -0.05) is 15.9 Å². The first kappa shape index (κ1) is 15.3. The van der Waals surface area contributed by atoms with Gasteiger partial charge < -0.3 is 20.3 Å². The van der Waals surface area contributed by atoms with Crippen LogP contribution in [0.15, 0.2) is 4.47 Å². The maximum absolute atomic E-state index is 9.40. The molecule has 1 unspecified atom stereocenters. The Balaban J connectivity index is 3.16. The fourth-order valence-electron chi connectivity index (χ4n) is 1.84. The second-order valence-corrected chi connectivity index (χ2v) is 5.11. The molecular formula is C13H20BrNO3. The number of hydrogen-bond acceptors (Lipinski definition) is 4. The smallest absolute Gasteiger partial charge is 0.145 e. The fraction of sp³-hybridized carbons (Fsp3) is 0.538. The fourth-order valence-corrected chi connectivity index (χ4v) is 2.33. The number of ether oxygens (including phenoxy) is 1. The lowest BCUT2D eigenvalue weighted by molar-refractivity contribution is 0.105. The van der Waals surface area contributed by atoms with Crippen molar-refractivity contribution in [3.63, 3.8) is 0 Å². The predicted molar refractivity (Wildman–Crippen MR) is 76.5 cm³/mol. The zero-order valence-electron chi connectivity index (χ0n) is 11.2. The summed E-state index contributed by atoms with van der Waals surface area (Å²) >= 11 is 3.56. The van der Waals surface area contributed by atoms with Gasteiger partial charge in [0.05, 0.1) is 25.5 Å². The van der Waals surface area contributed by atoms with Crippen LogP contribution >= 0.6 is 15.9 Å². The molecular weight excluding hydrogens is 298 g/mol. The van der Waals surface area contributed by atoms with E-state index < -0.39 is 6.10 Å². The summed E-state index contributed by atoms with van der Waals surface area (Å²) in [5, 5.41) is 21.4. The number of hydrogen-bond donors (Lipinski definition) is 3. The van der Waals surface area contributed by atoms with E-state index in [4.69, 9.17) is 9.84 Å². The Hall–Kier alpha value is -0.780. The Morgan fingerprint density at radius 1 is 1.22 bits per heavy atom. The molecule has 0 spiro atoms. The van der Waals surface area contributed by atoms with Crippen LogP contribution in [0.2, 0.25) is 0 Å². The summed E-state index contributed by atoms with van der Waals surface area (Å²) in [4.78, 5) is 0. The lowest BCUT2D eigenvalue weighted by atomic mass is 10.0. The van der Waals surface area contributed by atoms with Crippen molar-refractivity contribution < 1.29 is 14.9 Å². The highest BCUT2D eigenvalue weighted by Gasteiger charge is 2.17. The van der Waals surface area contributed by atoms with E-state index in [-0.39, 0.29) is 13.2 Å². The van der Waals surface area contributed by atoms with E-state index in [1.807, 2.05) is 20.8 Å². The van der Waals surface area contributed by atoms with E-state index in [9.17, 15) is 5.11 Å². The molecule has 0 saturated heterocycles. The number of nitrogens with one attached hydrogen (secondary N) is 1. The summed E-state index contributed by atoms with van der Waals surface area (Å²) in [7, 11) is 1.63. The van der Waals surface area contributed by atoms with Crippen LogP contribution in [0.4, 0.5) is 5.69 Å². The molecule has 0 aliphatic carbocycles. The van der Waals surface area contributed by atoms with E-state index in [0.29, 0.717) is 0 Å². The summed E-state index contributed by atoms with van der Waals surface area (Å²) in [6.07, 6.45) is -0.783. The quantitative estimate of drug-likeness (QED) is 0.778. The Labute approximate surface area is 116 Å². The third kappa shape index (κ3) is 2.96. The summed E-state index contributed by atoms with van der Waals surface area (Å²) in [6, 6.07) is 0. The summed E-state index contributed by atoms with van der Waals surface area (Å²) in [6.45, 7) is 6.02. The highest BCUT2D eigenvalue weighted by atomic mass is 79.9. The van der Waals surface area contributed by atoms with Gasteiger partial charge in [-0.2, -0.15) is 0 Å². The Morgan fingerprint density at radius 2 is 1.83 bits per heavy atom. The van der Waals surface area contributed by atoms with E-state index >= 15 is 0 Å². The van der Waals surface area contributed by atoms with Crippen molar-refractivity contribution in [2.45, 2.75) is 26.9 Å². The largest absolute Gasteiger partial charge is 0.494 e. The first-order valence-corrected chi connectivity index (χ1v) is 6.59. The number of methoxy groups -OCH3 is 1. The normalized spacial score (nSPS) is 12.4. The minimum Gasteiger partial charge on any atom is -0.494 e. The van der Waals surface area contributed by atoms with Gasteiger partial charge in [-0.3, -0.25) is 0 Å². The second kappa shape index (κ2) is 6.41. The average Bonchev–Trinajstić information content (AvgIpc) is 2.38. The van der Waals surface area contributed by atoms with Crippen molar-refractivity contribution >= 4 is 21.6 Å². The summed E-state index contributed by atoms with van der Waals surface area (Å²) < 4.78 is 6.46. The first-order chi connectivity index (χ1) is 8.43. The number of benzene rings is 1. The van der Waals surface area contributed by atoms with Crippen molar-refractivity contribution in [2.24, 2.45) is 0 Å². The van der Waals surface area contributed by atoms with Gasteiger partial charge in [-0.25, -0.2) is 0 Å². The van der Waals surface area contributed by atoms with E-state index in [1.54, 1.807) is 7.11 Å². The molecule has 0 amide bonds. The van der Waals surface area contributed by atoms with Gasteiger partial charge in [0.15, 0.2) is 0 Å². The third-order valence-corrected chi connectivity index (χ3v) is 4.28. The Bertz CT molecular complexity index is 435. The van der Waals surface area contributed by atoms with Crippen molar-refractivity contribution in [3.05, 3.63) is 21.2 Å². The molecule has 1 atom stereocenters. The van der Waals surface area contributed by atoms with Crippen molar-refractivity contribution in [1.82, 2.24) is 0 Å². The second-order valence-electron chi connectivity index (χ2n) is 4.31. The van der Waals surface area contributed by atoms with Crippen LogP contribution in [0, 0.1) is 20.8 Å². The summed E-state index contributed by atoms with van der Waals surface area (Å²) in [5.41, 5.74) is 4.06. The van der Waals surface area contributed by atoms with Crippen molar-refractivity contribution in [1.29, 1.82) is 0 Å². The molecule has 5 heteroatoms. The molecule has 0 radical (unpaired) electrons. The molecule has 0 aliphatic rings. The molecule has 1 aromatic rings. The maximum atomic E-state index is 9.40. The summed E-state index contributed by atoms with van der Waals surface area (Å²) in [5.74, 6) is 0.776. The number of anilines is 1. The molecule has 0 heterocycles. The Morgan fingerprint density at radius 3 is 2.33 bits per heavy atom. The predicted octanol–water partition coefficient (Wildman–Crippen LogP) is 2.15. The number of aliphatic hydroxyl groups excluding tert-OH is 2. The average molecular weight is 318 g/mol. The lowest BCUT2D eigenvalue weighted by Crippen LogP contribution is -2.23. The molecule has 1 aromatic carbocycles. The molecule has 0 aliphatic heterocycles. The van der Waals surface area contributed by atoms with E-state index in [1.165, 1.54) is 0 Å². The van der Waals surface area contributed by atoms with Crippen LogP contribution in [0.3, 0.4) is 0 Å². The van der Waals surface area contributed by atoms with Gasteiger partial charge in [0.25, 0.3) is 0 Å². The monoisotopic (exact) mass is 317 g/mol. The molecule has 0 aromatic heterocycles. The Kier molecular flexibility index (Phi) is 5.44. The third-order valence-electron chi connectivity index (χ3n) is 3.09. The molecule has 1 rings (SSSR count). The van der Waals surface area contributed by atoms with E-state index in [2.05, 4.69) is 21.2 Å². The van der Waals surface area contributed by atoms with Crippen molar-refractivity contribution in [2.75, 3.05) is 25.6 Å². The zero-order valence-corrected chi connectivity index (χ0v) is 12.8. The van der Waals surface area contributed by atoms with Gasteiger partial charge in [0.1, 0.15) is 5.75 Å². The van der Waals surface area contributed by atoms with Crippen LogP contribution in [-0.4, -0.2) is 36.6 Å². The molecule has 4 nitrogen and oxygen atoms in total. The number of halogens is 1. The minimum absolute atomic E-state index is 0.264. The first-order valence-electron chi connectivity index (χ1n) is 5.80. The molecule has 0 fully saturated rings. The standard InChI is InChI=1S/C13H20BrNO3/c1-7-8(2)13(18-4)12(9(3)11(7)14)15-5-10(17)6-16/h10,15-17H,5-6H2,1-4H3. The zero-order chi connectivity index (χ0) is 13.9. The van der Waals surface area contributed by atoms with Crippen LogP contribution in [0.1, 0.15) is 16.7 Å². The van der Waals surface area contributed by atoms with Crippen LogP contribution in [-0.2, 0) is 0 Å². The topological polar surface area (TPSA) is 61.7 Å². The van der Waals surface area contributed by atoms with Crippen LogP contribution < -0.4 is 10.1 Å². The van der Waals surface area contributed by atoms with Gasteiger partial charge in [0.2, 0.25) is 0 Å². The highest BCUT2D eigenvalue weighted by Crippen LogP contribution is 2.39. The van der Waals surface area contributed by atoms with Gasteiger partial charge >= 0.3 is 0 Å². The van der Waals surface area contributed by atoms with Gasteiger partial charge in [0, 0.05) is 11.0 Å². The van der Waals surface area contributed by atoms with Crippen molar-refractivity contribution in [3.8, 4) is 5.75 Å². The minimum atomic E-state index is -0.783. The molecule has 102 valence electrons. The number of rotatable bonds is 5. The lowest BCUT2D eigenvalue weighted by Gasteiger charge is -2.20. The van der Waals surface area contributed by atoms with Crippen LogP contribution in [0.5, 0.6) is 5.75 Å².